The van der Waals surface area contributed by atoms with Crippen LogP contribution < -0.4 is 10.0 Å². The molecule has 1 amide bonds. The fraction of sp³-hybridized carbons (Fsp3) is 0. The maximum atomic E-state index is 12.5. The van der Waals surface area contributed by atoms with Crippen LogP contribution in [-0.4, -0.2) is 14.3 Å². The Morgan fingerprint density at radius 2 is 1.70 bits per heavy atom. The van der Waals surface area contributed by atoms with Gasteiger partial charge in [0.15, 0.2) is 0 Å². The largest absolute Gasteiger partial charge is 0.321 e. The molecule has 27 heavy (non-hydrogen) atoms. The number of rotatable bonds is 5. The Bertz CT molecular complexity index is 1080. The minimum atomic E-state index is -3.76. The molecule has 0 aliphatic heterocycles. The third kappa shape index (κ3) is 5.11. The summed E-state index contributed by atoms with van der Waals surface area (Å²) in [6, 6.07) is 14.0. The van der Waals surface area contributed by atoms with Crippen LogP contribution in [-0.2, 0) is 10.0 Å². The molecule has 0 bridgehead atoms. The minimum Gasteiger partial charge on any atom is -0.321 e. The van der Waals surface area contributed by atoms with Crippen molar-refractivity contribution in [1.29, 1.82) is 0 Å². The normalized spacial score (nSPS) is 11.2. The molecule has 0 spiro atoms. The molecular weight excluding hydrogens is 540 g/mol. The topological polar surface area (TPSA) is 75.3 Å². The van der Waals surface area contributed by atoms with Crippen LogP contribution in [0.2, 0.25) is 5.02 Å². The van der Waals surface area contributed by atoms with Gasteiger partial charge in [0, 0.05) is 15.2 Å². The Labute approximate surface area is 182 Å². The standard InChI is InChI=1S/C17H11Br2ClN2O3S2/c18-14-9-15(26-16(14)19)17(23)21-11-4-6-13(7-5-11)27(24,25)22-12-3-1-2-10(20)8-12/h1-9,22H,(H,21,23). The molecule has 2 aromatic carbocycles. The highest BCUT2D eigenvalue weighted by molar-refractivity contribution is 9.13. The highest BCUT2D eigenvalue weighted by Crippen LogP contribution is 2.32. The van der Waals surface area contributed by atoms with E-state index in [1.807, 2.05) is 0 Å². The van der Waals surface area contributed by atoms with E-state index in [-0.39, 0.29) is 10.8 Å². The first-order valence-corrected chi connectivity index (χ1v) is 11.7. The quantitative estimate of drug-likeness (QED) is 0.411. The maximum Gasteiger partial charge on any atom is 0.265 e. The average molecular weight is 551 g/mol. The first kappa shape index (κ1) is 20.3. The van der Waals surface area contributed by atoms with Crippen molar-refractivity contribution in [2.24, 2.45) is 0 Å². The lowest BCUT2D eigenvalue weighted by atomic mass is 10.3. The molecule has 10 heteroatoms. The van der Waals surface area contributed by atoms with E-state index in [1.54, 1.807) is 24.3 Å². The number of nitrogens with one attached hydrogen (secondary N) is 2. The summed E-state index contributed by atoms with van der Waals surface area (Å²) in [4.78, 5) is 12.8. The number of carbonyl (C=O) groups excluding carboxylic acids is 1. The van der Waals surface area contributed by atoms with E-state index in [9.17, 15) is 13.2 Å². The molecule has 0 saturated carbocycles. The zero-order valence-corrected chi connectivity index (χ0v) is 18.9. The van der Waals surface area contributed by atoms with Crippen molar-refractivity contribution in [3.63, 3.8) is 0 Å². The molecular formula is C17H11Br2ClN2O3S2. The van der Waals surface area contributed by atoms with Crippen molar-refractivity contribution in [3.8, 4) is 0 Å². The Morgan fingerprint density at radius 1 is 1.00 bits per heavy atom. The molecule has 3 rings (SSSR count). The second-order valence-electron chi connectivity index (χ2n) is 5.33. The lowest BCUT2D eigenvalue weighted by Gasteiger charge is -2.09. The van der Waals surface area contributed by atoms with Crippen molar-refractivity contribution in [1.82, 2.24) is 0 Å². The molecule has 0 saturated heterocycles. The van der Waals surface area contributed by atoms with Gasteiger partial charge in [-0.2, -0.15) is 0 Å². The van der Waals surface area contributed by atoms with E-state index in [2.05, 4.69) is 41.9 Å². The smallest absolute Gasteiger partial charge is 0.265 e. The summed E-state index contributed by atoms with van der Waals surface area (Å²) in [7, 11) is -3.76. The number of hydrogen-bond acceptors (Lipinski definition) is 4. The lowest BCUT2D eigenvalue weighted by Crippen LogP contribution is -2.13. The number of halogens is 3. The molecule has 1 heterocycles. The molecule has 1 aromatic heterocycles. The maximum absolute atomic E-state index is 12.5. The third-order valence-corrected chi connectivity index (χ3v) is 8.26. The van der Waals surface area contributed by atoms with Gasteiger partial charge in [-0.05, 0) is 80.4 Å². The zero-order valence-electron chi connectivity index (χ0n) is 13.4. The number of hydrogen-bond donors (Lipinski definition) is 2. The molecule has 5 nitrogen and oxygen atoms in total. The number of amides is 1. The van der Waals surface area contributed by atoms with Crippen LogP contribution in [0.25, 0.3) is 0 Å². The highest BCUT2D eigenvalue weighted by Gasteiger charge is 2.16. The fourth-order valence-electron chi connectivity index (χ4n) is 2.13. The second-order valence-corrected chi connectivity index (χ2v) is 10.7. The van der Waals surface area contributed by atoms with E-state index in [0.717, 1.165) is 8.26 Å². The molecule has 0 aliphatic rings. The number of thiophene rings is 1. The van der Waals surface area contributed by atoms with E-state index in [4.69, 9.17) is 11.6 Å². The number of benzene rings is 2. The fourth-order valence-corrected chi connectivity index (χ4v) is 5.31. The van der Waals surface area contributed by atoms with Gasteiger partial charge in [0.25, 0.3) is 15.9 Å². The predicted octanol–water partition coefficient (Wildman–Crippen LogP) is 5.98. The summed E-state index contributed by atoms with van der Waals surface area (Å²) >= 11 is 13.8. The monoisotopic (exact) mass is 548 g/mol. The van der Waals surface area contributed by atoms with Crippen LogP contribution in [0.5, 0.6) is 0 Å². The first-order valence-electron chi connectivity index (χ1n) is 7.39. The highest BCUT2D eigenvalue weighted by atomic mass is 79.9. The average Bonchev–Trinajstić information content (AvgIpc) is 2.94. The molecule has 0 fully saturated rings. The van der Waals surface area contributed by atoms with Gasteiger partial charge in [0.05, 0.1) is 19.2 Å². The predicted molar refractivity (Wildman–Crippen MR) is 116 cm³/mol. The summed E-state index contributed by atoms with van der Waals surface area (Å²) in [5.41, 5.74) is 0.857. The Kier molecular flexibility index (Phi) is 6.27. The van der Waals surface area contributed by atoms with Crippen LogP contribution >= 0.6 is 54.8 Å². The van der Waals surface area contributed by atoms with Crippen LogP contribution in [0.4, 0.5) is 11.4 Å². The van der Waals surface area contributed by atoms with Crippen LogP contribution in [0.15, 0.2) is 67.8 Å². The summed E-state index contributed by atoms with van der Waals surface area (Å²) < 4.78 is 29.0. The SMILES string of the molecule is O=C(Nc1ccc(S(=O)(=O)Nc2cccc(Cl)c2)cc1)c1cc(Br)c(Br)s1. The molecule has 2 N–H and O–H groups in total. The molecule has 3 aromatic rings. The van der Waals surface area contributed by atoms with E-state index < -0.39 is 10.0 Å². The molecule has 0 unspecified atom stereocenters. The van der Waals surface area contributed by atoms with Crippen molar-refractivity contribution >= 4 is 82.1 Å². The molecule has 0 radical (unpaired) electrons. The van der Waals surface area contributed by atoms with Crippen LogP contribution in [0.1, 0.15) is 9.67 Å². The van der Waals surface area contributed by atoms with Crippen LogP contribution in [0, 0.1) is 0 Å². The van der Waals surface area contributed by atoms with Crippen LogP contribution in [0.3, 0.4) is 0 Å². The summed E-state index contributed by atoms with van der Waals surface area (Å²) in [6.45, 7) is 0. The van der Waals surface area contributed by atoms with Crippen molar-refractivity contribution in [3.05, 3.63) is 72.8 Å². The summed E-state index contributed by atoms with van der Waals surface area (Å²) in [5, 5.41) is 3.16. The van der Waals surface area contributed by atoms with Gasteiger partial charge in [0.1, 0.15) is 0 Å². The van der Waals surface area contributed by atoms with Gasteiger partial charge in [-0.1, -0.05) is 17.7 Å². The van der Waals surface area contributed by atoms with Gasteiger partial charge in [-0.15, -0.1) is 11.3 Å². The van der Waals surface area contributed by atoms with Gasteiger partial charge >= 0.3 is 0 Å². The van der Waals surface area contributed by atoms with Gasteiger partial charge in [0.2, 0.25) is 0 Å². The molecule has 0 atom stereocenters. The zero-order chi connectivity index (χ0) is 19.6. The number of sulfonamides is 1. The minimum absolute atomic E-state index is 0.0714. The van der Waals surface area contributed by atoms with Gasteiger partial charge in [-0.25, -0.2) is 8.42 Å². The van der Waals surface area contributed by atoms with Crippen molar-refractivity contribution in [2.75, 3.05) is 10.0 Å². The van der Waals surface area contributed by atoms with Crippen molar-refractivity contribution in [2.45, 2.75) is 4.90 Å². The Balaban J connectivity index is 1.73. The summed E-state index contributed by atoms with van der Waals surface area (Å²) in [6.07, 6.45) is 0. The van der Waals surface area contributed by atoms with E-state index >= 15 is 0 Å². The first-order chi connectivity index (χ1) is 12.7. The van der Waals surface area contributed by atoms with E-state index in [1.165, 1.54) is 41.7 Å². The second kappa shape index (κ2) is 8.32. The van der Waals surface area contributed by atoms with Gasteiger partial charge in [-0.3, -0.25) is 9.52 Å². The third-order valence-electron chi connectivity index (χ3n) is 3.37. The Morgan fingerprint density at radius 3 is 2.30 bits per heavy atom. The summed E-state index contributed by atoms with van der Waals surface area (Å²) in [5.74, 6) is -0.279. The Hall–Kier alpha value is -1.39. The lowest BCUT2D eigenvalue weighted by molar-refractivity contribution is 0.103. The van der Waals surface area contributed by atoms with Crippen molar-refractivity contribution < 1.29 is 13.2 Å². The number of carbonyl (C=O) groups is 1. The number of anilines is 2. The molecule has 140 valence electrons. The molecule has 0 aliphatic carbocycles. The van der Waals surface area contributed by atoms with E-state index in [0.29, 0.717) is 21.3 Å². The van der Waals surface area contributed by atoms with Gasteiger partial charge < -0.3 is 5.32 Å².